The lowest BCUT2D eigenvalue weighted by molar-refractivity contribution is 0.0675. The first kappa shape index (κ1) is 26.1. The number of aromatic hydroxyl groups is 1. The van der Waals surface area contributed by atoms with Crippen molar-refractivity contribution in [3.8, 4) is 5.75 Å². The van der Waals surface area contributed by atoms with Crippen molar-refractivity contribution in [3.63, 3.8) is 0 Å². The summed E-state index contributed by atoms with van der Waals surface area (Å²) < 4.78 is 38.1. The largest absolute Gasteiger partial charge is 0.508 e. The summed E-state index contributed by atoms with van der Waals surface area (Å²) in [7, 11) is -3.95. The Balaban J connectivity index is 1.15. The molecule has 11 heteroatoms. The zero-order valence-corrected chi connectivity index (χ0v) is 22.7. The van der Waals surface area contributed by atoms with Crippen LogP contribution in [0.2, 0.25) is 0 Å². The van der Waals surface area contributed by atoms with Gasteiger partial charge in [0, 0.05) is 30.7 Å². The highest BCUT2D eigenvalue weighted by Crippen LogP contribution is 2.34. The van der Waals surface area contributed by atoms with Crippen LogP contribution in [-0.2, 0) is 19.0 Å². The van der Waals surface area contributed by atoms with E-state index in [2.05, 4.69) is 10.00 Å². The number of aromatic nitrogens is 2. The third-order valence-corrected chi connectivity index (χ3v) is 9.96. The zero-order valence-electron chi connectivity index (χ0n) is 21.1. The van der Waals surface area contributed by atoms with Gasteiger partial charge < -0.3 is 15.2 Å². The molecule has 1 aliphatic heterocycles. The highest BCUT2D eigenvalue weighted by atomic mass is 32.2. The molecule has 200 valence electrons. The molecule has 1 saturated carbocycles. The van der Waals surface area contributed by atoms with Crippen LogP contribution in [0, 0.1) is 19.8 Å². The number of nitrogens with one attached hydrogen (secondary N) is 1. The van der Waals surface area contributed by atoms with Gasteiger partial charge in [-0.05, 0) is 76.0 Å². The van der Waals surface area contributed by atoms with Crippen LogP contribution < -0.4 is 5.32 Å². The van der Waals surface area contributed by atoms with E-state index in [-0.39, 0.29) is 35.1 Å². The van der Waals surface area contributed by atoms with E-state index in [4.69, 9.17) is 14.0 Å². The molecule has 1 aromatic carbocycles. The molecule has 2 aromatic heterocycles. The van der Waals surface area contributed by atoms with Crippen molar-refractivity contribution in [2.75, 3.05) is 19.8 Å². The fraction of sp³-hybridized carbons (Fsp3) is 0.538. The molecule has 3 heterocycles. The second-order valence-corrected chi connectivity index (χ2v) is 12.7. The Kier molecular flexibility index (Phi) is 7.58. The number of ether oxygens (including phenoxy) is 1. The average Bonchev–Trinajstić information content (AvgIpc) is 3.46. The fourth-order valence-corrected chi connectivity index (χ4v) is 7.56. The van der Waals surface area contributed by atoms with Crippen molar-refractivity contribution in [2.45, 2.75) is 69.4 Å². The van der Waals surface area contributed by atoms with Crippen LogP contribution >= 0.6 is 11.3 Å². The summed E-state index contributed by atoms with van der Waals surface area (Å²) in [5.74, 6) is -0.0857. The van der Waals surface area contributed by atoms with Crippen molar-refractivity contribution in [1.82, 2.24) is 15.1 Å². The number of rotatable bonds is 7. The predicted octanol–water partition coefficient (Wildman–Crippen LogP) is 4.47. The number of aryl methyl sites for hydroxylation is 2. The van der Waals surface area contributed by atoms with Gasteiger partial charge in [-0.15, -0.1) is 11.3 Å². The van der Waals surface area contributed by atoms with Crippen LogP contribution in [0.15, 0.2) is 29.2 Å². The molecule has 5 rings (SSSR count). The zero-order chi connectivity index (χ0) is 26.2. The maximum Gasteiger partial charge on any atom is 0.297 e. The Hall–Kier alpha value is -2.47. The Morgan fingerprint density at radius 1 is 1.16 bits per heavy atom. The molecule has 1 amide bonds. The smallest absolute Gasteiger partial charge is 0.297 e. The van der Waals surface area contributed by atoms with Gasteiger partial charge in [0.2, 0.25) is 0 Å². The van der Waals surface area contributed by atoms with Crippen LogP contribution in [0.5, 0.6) is 5.75 Å². The van der Waals surface area contributed by atoms with Crippen LogP contribution in [0.25, 0.3) is 10.2 Å². The van der Waals surface area contributed by atoms with Gasteiger partial charge in [-0.25, -0.2) is 0 Å². The predicted molar refractivity (Wildman–Crippen MR) is 141 cm³/mol. The lowest BCUT2D eigenvalue weighted by Gasteiger charge is -2.28. The quantitative estimate of drug-likeness (QED) is 0.419. The molecule has 0 bridgehead atoms. The summed E-state index contributed by atoms with van der Waals surface area (Å²) in [5.41, 5.74) is 1.47. The molecule has 0 unspecified atom stereocenters. The van der Waals surface area contributed by atoms with Crippen LogP contribution in [0.4, 0.5) is 0 Å². The Morgan fingerprint density at radius 2 is 1.89 bits per heavy atom. The SMILES string of the molecule is Cc1ccc(O)cc1S(=O)(=O)OCC1CCC(NC(=O)c2cc3c(C)nn(C4CCOCC4)c3s2)CC1. The fourth-order valence-electron chi connectivity index (χ4n) is 5.20. The second-order valence-electron chi connectivity index (χ2n) is 10.1. The highest BCUT2D eigenvalue weighted by molar-refractivity contribution is 7.86. The summed E-state index contributed by atoms with van der Waals surface area (Å²) in [6, 6.07) is 6.52. The van der Waals surface area contributed by atoms with Crippen LogP contribution in [0.1, 0.15) is 65.5 Å². The van der Waals surface area contributed by atoms with E-state index in [9.17, 15) is 18.3 Å². The van der Waals surface area contributed by atoms with E-state index < -0.39 is 10.1 Å². The number of fused-ring (bicyclic) bond motifs is 1. The Bertz CT molecular complexity index is 1380. The molecule has 2 aliphatic rings. The maximum absolute atomic E-state index is 13.1. The van der Waals surface area contributed by atoms with E-state index in [1.54, 1.807) is 13.0 Å². The summed E-state index contributed by atoms with van der Waals surface area (Å²) in [6.07, 6.45) is 4.93. The molecule has 37 heavy (non-hydrogen) atoms. The minimum absolute atomic E-state index is 0.00744. The molecule has 1 aliphatic carbocycles. The normalized spacial score (nSPS) is 21.4. The number of carbonyl (C=O) groups is 1. The van der Waals surface area contributed by atoms with E-state index in [1.807, 2.05) is 13.0 Å². The molecule has 9 nitrogen and oxygen atoms in total. The van der Waals surface area contributed by atoms with Crippen LogP contribution in [-0.4, -0.2) is 55.1 Å². The second kappa shape index (κ2) is 10.7. The van der Waals surface area contributed by atoms with Gasteiger partial charge in [0.1, 0.15) is 15.5 Å². The molecule has 0 spiro atoms. The molecular formula is C26H33N3O6S2. The first-order chi connectivity index (χ1) is 17.7. The number of benzene rings is 1. The first-order valence-electron chi connectivity index (χ1n) is 12.8. The summed E-state index contributed by atoms with van der Waals surface area (Å²) in [4.78, 5) is 14.8. The van der Waals surface area contributed by atoms with Crippen molar-refractivity contribution in [3.05, 3.63) is 40.4 Å². The van der Waals surface area contributed by atoms with Gasteiger partial charge in [0.15, 0.2) is 0 Å². The topological polar surface area (TPSA) is 120 Å². The maximum atomic E-state index is 13.1. The third kappa shape index (κ3) is 5.69. The summed E-state index contributed by atoms with van der Waals surface area (Å²) in [5, 5.41) is 18.6. The first-order valence-corrected chi connectivity index (χ1v) is 15.0. The van der Waals surface area contributed by atoms with Gasteiger partial charge in [-0.3, -0.25) is 13.7 Å². The van der Waals surface area contributed by atoms with Gasteiger partial charge >= 0.3 is 0 Å². The van der Waals surface area contributed by atoms with Gasteiger partial charge in [-0.2, -0.15) is 13.5 Å². The lowest BCUT2D eigenvalue weighted by Crippen LogP contribution is -2.38. The summed E-state index contributed by atoms with van der Waals surface area (Å²) >= 11 is 1.49. The number of hydrogen-bond acceptors (Lipinski definition) is 8. The Morgan fingerprint density at radius 3 is 2.62 bits per heavy atom. The number of phenolic OH excluding ortho intramolecular Hbond substituents is 1. The van der Waals surface area contributed by atoms with Crippen molar-refractivity contribution in [1.29, 1.82) is 0 Å². The molecule has 0 radical (unpaired) electrons. The molecule has 3 aromatic rings. The van der Waals surface area contributed by atoms with E-state index in [0.717, 1.165) is 67.6 Å². The van der Waals surface area contributed by atoms with Crippen LogP contribution in [0.3, 0.4) is 0 Å². The third-order valence-electron chi connectivity index (χ3n) is 7.41. The molecule has 2 fully saturated rings. The molecule has 1 saturated heterocycles. The van der Waals surface area contributed by atoms with Crippen molar-refractivity contribution >= 4 is 37.6 Å². The Labute approximate surface area is 220 Å². The lowest BCUT2D eigenvalue weighted by atomic mass is 9.86. The number of carbonyl (C=O) groups excluding carboxylic acids is 1. The van der Waals surface area contributed by atoms with Gasteiger partial charge in [0.25, 0.3) is 16.0 Å². The molecular weight excluding hydrogens is 514 g/mol. The highest BCUT2D eigenvalue weighted by Gasteiger charge is 2.28. The minimum atomic E-state index is -3.95. The number of hydrogen-bond donors (Lipinski definition) is 2. The number of phenols is 1. The number of nitrogens with zero attached hydrogens (tertiary/aromatic N) is 2. The minimum Gasteiger partial charge on any atom is -0.508 e. The monoisotopic (exact) mass is 547 g/mol. The number of thiophene rings is 1. The van der Waals surface area contributed by atoms with Gasteiger partial charge in [0.05, 0.1) is 23.2 Å². The van der Waals surface area contributed by atoms with Crippen molar-refractivity contribution in [2.24, 2.45) is 5.92 Å². The summed E-state index contributed by atoms with van der Waals surface area (Å²) in [6.45, 7) is 5.22. The standard InChI is InChI=1S/C26H33N3O6S2/c1-16-3-8-21(30)13-24(16)37(32,33)35-15-18-4-6-19(7-5-18)27-25(31)23-14-22-17(2)28-29(26(22)36-23)20-9-11-34-12-10-20/h3,8,13-14,18-20,30H,4-7,9-12,15H2,1-2H3,(H,27,31). The average molecular weight is 548 g/mol. The number of amides is 1. The van der Waals surface area contributed by atoms with Gasteiger partial charge in [-0.1, -0.05) is 6.07 Å². The molecule has 2 N–H and O–H groups in total. The van der Waals surface area contributed by atoms with E-state index >= 15 is 0 Å². The van der Waals surface area contributed by atoms with Crippen molar-refractivity contribution < 1.29 is 27.2 Å². The van der Waals surface area contributed by atoms with E-state index in [0.29, 0.717) is 16.5 Å². The molecule has 0 atom stereocenters. The van der Waals surface area contributed by atoms with E-state index in [1.165, 1.54) is 23.5 Å².